The van der Waals surface area contributed by atoms with E-state index < -0.39 is 0 Å². The molecule has 1 heterocycles. The van der Waals surface area contributed by atoms with Crippen molar-refractivity contribution in [3.8, 4) is 0 Å². The Morgan fingerprint density at radius 1 is 1.39 bits per heavy atom. The van der Waals surface area contributed by atoms with Crippen LogP contribution in [0.15, 0.2) is 24.3 Å². The number of carbonyl (C=O) groups excluding carboxylic acids is 1. The van der Waals surface area contributed by atoms with Crippen molar-refractivity contribution < 1.29 is 4.79 Å². The molecule has 94 valence electrons. The van der Waals surface area contributed by atoms with Gasteiger partial charge in [-0.15, -0.1) is 5.10 Å². The Balaban J connectivity index is 2.20. The Labute approximate surface area is 106 Å². The van der Waals surface area contributed by atoms with Gasteiger partial charge in [0.05, 0.1) is 24.4 Å². The fraction of sp³-hybridized carbons (Fsp3) is 0.308. The van der Waals surface area contributed by atoms with Crippen LogP contribution in [0, 0.1) is 13.8 Å². The van der Waals surface area contributed by atoms with E-state index in [1.54, 1.807) is 4.68 Å². The van der Waals surface area contributed by atoms with Gasteiger partial charge in [-0.05, 0) is 19.4 Å². The molecule has 0 aliphatic heterocycles. The molecule has 0 aliphatic rings. The molecule has 0 unspecified atom stereocenters. The Kier molecular flexibility index (Phi) is 3.41. The standard InChI is InChI=1S/C13H16N4O/c1-9-4-3-5-11(6-9)8-17-10(2)12(15-16-17)7-13(14)18/h3-6H,7-8H2,1-2H3,(H2,14,18). The number of benzene rings is 1. The lowest BCUT2D eigenvalue weighted by atomic mass is 10.1. The SMILES string of the molecule is Cc1cccc(Cn2nnc(CC(N)=O)c2C)c1. The molecule has 0 saturated carbocycles. The maximum Gasteiger partial charge on any atom is 0.223 e. The number of rotatable bonds is 4. The number of hydrogen-bond acceptors (Lipinski definition) is 3. The molecule has 0 aliphatic carbocycles. The molecular formula is C13H16N4O. The highest BCUT2D eigenvalue weighted by molar-refractivity contribution is 5.76. The van der Waals surface area contributed by atoms with Gasteiger partial charge < -0.3 is 5.73 Å². The van der Waals surface area contributed by atoms with Gasteiger partial charge in [-0.1, -0.05) is 35.0 Å². The zero-order valence-corrected chi connectivity index (χ0v) is 10.6. The van der Waals surface area contributed by atoms with Crippen molar-refractivity contribution in [2.45, 2.75) is 26.8 Å². The van der Waals surface area contributed by atoms with Crippen molar-refractivity contribution in [2.24, 2.45) is 5.73 Å². The minimum Gasteiger partial charge on any atom is -0.369 e. The van der Waals surface area contributed by atoms with E-state index in [-0.39, 0.29) is 12.3 Å². The quantitative estimate of drug-likeness (QED) is 0.871. The molecule has 2 rings (SSSR count). The molecule has 0 bridgehead atoms. The first-order valence-electron chi connectivity index (χ1n) is 5.79. The molecular weight excluding hydrogens is 228 g/mol. The van der Waals surface area contributed by atoms with Crippen molar-refractivity contribution in [3.05, 3.63) is 46.8 Å². The number of aromatic nitrogens is 3. The maximum absolute atomic E-state index is 10.9. The van der Waals surface area contributed by atoms with Gasteiger partial charge in [0.15, 0.2) is 0 Å². The van der Waals surface area contributed by atoms with E-state index in [2.05, 4.69) is 29.4 Å². The van der Waals surface area contributed by atoms with Crippen molar-refractivity contribution in [1.29, 1.82) is 0 Å². The van der Waals surface area contributed by atoms with Crippen LogP contribution in [0.4, 0.5) is 0 Å². The van der Waals surface area contributed by atoms with Crippen LogP contribution in [0.3, 0.4) is 0 Å². The molecule has 5 heteroatoms. The van der Waals surface area contributed by atoms with Crippen LogP contribution in [-0.2, 0) is 17.8 Å². The molecule has 0 radical (unpaired) electrons. The smallest absolute Gasteiger partial charge is 0.223 e. The number of primary amides is 1. The number of amides is 1. The van der Waals surface area contributed by atoms with E-state index in [1.807, 2.05) is 19.1 Å². The summed E-state index contributed by atoms with van der Waals surface area (Å²) in [5.74, 6) is -0.388. The fourth-order valence-corrected chi connectivity index (χ4v) is 1.86. The molecule has 2 N–H and O–H groups in total. The third-order valence-corrected chi connectivity index (χ3v) is 2.83. The van der Waals surface area contributed by atoms with Crippen LogP contribution in [0.25, 0.3) is 0 Å². The normalized spacial score (nSPS) is 10.6. The topological polar surface area (TPSA) is 73.8 Å². The van der Waals surface area contributed by atoms with E-state index in [0.717, 1.165) is 11.3 Å². The summed E-state index contributed by atoms with van der Waals surface area (Å²) in [6.07, 6.45) is 0.139. The predicted octanol–water partition coefficient (Wildman–Crippen LogP) is 0.971. The Hall–Kier alpha value is -2.17. The van der Waals surface area contributed by atoms with Crippen LogP contribution in [0.1, 0.15) is 22.5 Å². The van der Waals surface area contributed by atoms with E-state index in [9.17, 15) is 4.79 Å². The monoisotopic (exact) mass is 244 g/mol. The highest BCUT2D eigenvalue weighted by Gasteiger charge is 2.10. The molecule has 0 fully saturated rings. The highest BCUT2D eigenvalue weighted by atomic mass is 16.1. The second-order valence-electron chi connectivity index (χ2n) is 4.41. The van der Waals surface area contributed by atoms with Gasteiger partial charge in [-0.2, -0.15) is 0 Å². The van der Waals surface area contributed by atoms with Crippen molar-refractivity contribution in [1.82, 2.24) is 15.0 Å². The summed E-state index contributed by atoms with van der Waals surface area (Å²) in [5.41, 5.74) is 9.06. The van der Waals surface area contributed by atoms with Gasteiger partial charge in [-0.3, -0.25) is 4.79 Å². The zero-order chi connectivity index (χ0) is 13.1. The first-order chi connectivity index (χ1) is 8.56. The summed E-state index contributed by atoms with van der Waals surface area (Å²) in [6.45, 7) is 4.60. The number of carbonyl (C=O) groups is 1. The van der Waals surface area contributed by atoms with Gasteiger partial charge in [0, 0.05) is 0 Å². The largest absolute Gasteiger partial charge is 0.369 e. The van der Waals surface area contributed by atoms with Crippen LogP contribution in [0.5, 0.6) is 0 Å². The third-order valence-electron chi connectivity index (χ3n) is 2.83. The van der Waals surface area contributed by atoms with Crippen molar-refractivity contribution >= 4 is 5.91 Å². The summed E-state index contributed by atoms with van der Waals surface area (Å²) in [4.78, 5) is 10.9. The second-order valence-corrected chi connectivity index (χ2v) is 4.41. The molecule has 2 aromatic rings. The minimum atomic E-state index is -0.388. The second kappa shape index (κ2) is 5.00. The number of nitrogens with two attached hydrogens (primary N) is 1. The van der Waals surface area contributed by atoms with Gasteiger partial charge >= 0.3 is 0 Å². The maximum atomic E-state index is 10.9. The number of hydrogen-bond donors (Lipinski definition) is 1. The molecule has 1 aromatic heterocycles. The molecule has 1 amide bonds. The van der Waals surface area contributed by atoms with Gasteiger partial charge in [-0.25, -0.2) is 4.68 Å². The number of nitrogens with zero attached hydrogens (tertiary/aromatic N) is 3. The Morgan fingerprint density at radius 2 is 2.17 bits per heavy atom. The Morgan fingerprint density at radius 3 is 2.83 bits per heavy atom. The summed E-state index contributed by atoms with van der Waals surface area (Å²) in [5, 5.41) is 8.04. The molecule has 5 nitrogen and oxygen atoms in total. The molecule has 0 atom stereocenters. The summed E-state index contributed by atoms with van der Waals surface area (Å²) in [6, 6.07) is 8.22. The Bertz CT molecular complexity index is 574. The van der Waals surface area contributed by atoms with E-state index in [0.29, 0.717) is 12.2 Å². The predicted molar refractivity (Wildman–Crippen MR) is 67.9 cm³/mol. The van der Waals surface area contributed by atoms with Crippen LogP contribution in [-0.4, -0.2) is 20.9 Å². The summed E-state index contributed by atoms with van der Waals surface area (Å²) < 4.78 is 1.78. The molecule has 1 aromatic carbocycles. The lowest BCUT2D eigenvalue weighted by molar-refractivity contribution is -0.117. The van der Waals surface area contributed by atoms with E-state index in [4.69, 9.17) is 5.73 Å². The average Bonchev–Trinajstić information content (AvgIpc) is 2.61. The van der Waals surface area contributed by atoms with Gasteiger partial charge in [0.2, 0.25) is 5.91 Å². The summed E-state index contributed by atoms with van der Waals surface area (Å²) in [7, 11) is 0. The van der Waals surface area contributed by atoms with E-state index in [1.165, 1.54) is 5.56 Å². The van der Waals surface area contributed by atoms with Crippen LogP contribution in [0.2, 0.25) is 0 Å². The average molecular weight is 244 g/mol. The lowest BCUT2D eigenvalue weighted by Crippen LogP contribution is -2.15. The van der Waals surface area contributed by atoms with Crippen LogP contribution >= 0.6 is 0 Å². The van der Waals surface area contributed by atoms with Gasteiger partial charge in [0.25, 0.3) is 0 Å². The fourth-order valence-electron chi connectivity index (χ4n) is 1.86. The zero-order valence-electron chi connectivity index (χ0n) is 10.6. The molecule has 0 spiro atoms. The van der Waals surface area contributed by atoms with Crippen molar-refractivity contribution in [3.63, 3.8) is 0 Å². The highest BCUT2D eigenvalue weighted by Crippen LogP contribution is 2.09. The molecule has 18 heavy (non-hydrogen) atoms. The van der Waals surface area contributed by atoms with Crippen LogP contribution < -0.4 is 5.73 Å². The minimum absolute atomic E-state index is 0.139. The first-order valence-corrected chi connectivity index (χ1v) is 5.79. The summed E-state index contributed by atoms with van der Waals surface area (Å²) >= 11 is 0. The van der Waals surface area contributed by atoms with E-state index >= 15 is 0 Å². The third kappa shape index (κ3) is 2.74. The lowest BCUT2D eigenvalue weighted by Gasteiger charge is -2.04. The van der Waals surface area contributed by atoms with Gasteiger partial charge in [0.1, 0.15) is 0 Å². The first kappa shape index (κ1) is 12.3. The number of aryl methyl sites for hydroxylation is 1. The van der Waals surface area contributed by atoms with Crippen molar-refractivity contribution in [2.75, 3.05) is 0 Å². The molecule has 0 saturated heterocycles.